The third-order valence-corrected chi connectivity index (χ3v) is 5.41. The number of halogens is 1. The molecule has 0 radical (unpaired) electrons. The molecule has 1 N–H and O–H groups in total. The van der Waals surface area contributed by atoms with Crippen LogP contribution in [0, 0.1) is 0 Å². The normalized spacial score (nSPS) is 20.0. The van der Waals surface area contributed by atoms with Gasteiger partial charge >= 0.3 is 0 Å². The molecule has 1 saturated heterocycles. The highest BCUT2D eigenvalue weighted by atomic mass is 79.9. The summed E-state index contributed by atoms with van der Waals surface area (Å²) in [6.45, 7) is 7.57. The summed E-state index contributed by atoms with van der Waals surface area (Å²) < 4.78 is 11.8. The number of ether oxygens (including phenoxy) is 2. The minimum Gasteiger partial charge on any atom is -0.496 e. The largest absolute Gasteiger partial charge is 0.496 e. The molecule has 2 unspecified atom stereocenters. The Labute approximate surface area is 175 Å². The molecule has 28 heavy (non-hydrogen) atoms. The van der Waals surface area contributed by atoms with Crippen molar-refractivity contribution in [2.24, 2.45) is 0 Å². The van der Waals surface area contributed by atoms with Crippen molar-refractivity contribution in [2.75, 3.05) is 20.2 Å². The van der Waals surface area contributed by atoms with Crippen LogP contribution >= 0.6 is 15.9 Å². The first-order chi connectivity index (χ1) is 13.4. The van der Waals surface area contributed by atoms with E-state index in [2.05, 4.69) is 64.3 Å². The van der Waals surface area contributed by atoms with E-state index in [0.29, 0.717) is 17.9 Å². The van der Waals surface area contributed by atoms with Crippen LogP contribution in [-0.2, 0) is 17.8 Å². The molecular formula is C22H27BrN2O3. The molecule has 2 atom stereocenters. The van der Waals surface area contributed by atoms with Crippen molar-refractivity contribution in [1.29, 1.82) is 0 Å². The third kappa shape index (κ3) is 5.56. The van der Waals surface area contributed by atoms with Gasteiger partial charge in [0.1, 0.15) is 5.75 Å². The number of carbonyl (C=O) groups is 1. The van der Waals surface area contributed by atoms with E-state index >= 15 is 0 Å². The maximum atomic E-state index is 12.4. The fourth-order valence-corrected chi connectivity index (χ4v) is 4.07. The average molecular weight is 447 g/mol. The van der Waals surface area contributed by atoms with Crippen LogP contribution in [0.15, 0.2) is 46.9 Å². The number of rotatable bonds is 6. The van der Waals surface area contributed by atoms with E-state index in [1.165, 1.54) is 5.56 Å². The van der Waals surface area contributed by atoms with Gasteiger partial charge in [-0.3, -0.25) is 9.69 Å². The minimum absolute atomic E-state index is 0.108. The Morgan fingerprint density at radius 1 is 1.14 bits per heavy atom. The van der Waals surface area contributed by atoms with Crippen LogP contribution in [0.2, 0.25) is 0 Å². The highest BCUT2D eigenvalue weighted by Gasteiger charge is 2.21. The molecule has 0 bridgehead atoms. The Balaban J connectivity index is 1.53. The van der Waals surface area contributed by atoms with Crippen LogP contribution in [0.3, 0.4) is 0 Å². The van der Waals surface area contributed by atoms with Crippen LogP contribution in [0.1, 0.15) is 35.3 Å². The number of nitrogens with one attached hydrogen (secondary N) is 1. The number of hydrogen-bond acceptors (Lipinski definition) is 4. The van der Waals surface area contributed by atoms with Crippen LogP contribution in [0.5, 0.6) is 5.75 Å². The standard InChI is InChI=1S/C22H27BrN2O3/c1-15-12-25(13-16(2)28-15)14-18-6-4-17(5-7-18)11-24-22(26)19-8-9-21(27-3)20(23)10-19/h4-10,15-16H,11-14H2,1-3H3,(H,24,26). The van der Waals surface area contributed by atoms with Gasteiger partial charge in [-0.15, -0.1) is 0 Å². The molecule has 6 heteroatoms. The first kappa shape index (κ1) is 20.8. The zero-order valence-electron chi connectivity index (χ0n) is 16.6. The summed E-state index contributed by atoms with van der Waals surface area (Å²) in [5.74, 6) is 0.597. The fourth-order valence-electron chi connectivity index (χ4n) is 3.53. The van der Waals surface area contributed by atoms with Crippen LogP contribution in [0.25, 0.3) is 0 Å². The number of carbonyl (C=O) groups excluding carboxylic acids is 1. The molecule has 0 saturated carbocycles. The molecule has 1 amide bonds. The van der Waals surface area contributed by atoms with Crippen molar-refractivity contribution < 1.29 is 14.3 Å². The second-order valence-electron chi connectivity index (χ2n) is 7.30. The fraction of sp³-hybridized carbons (Fsp3) is 0.409. The Kier molecular flexibility index (Phi) is 7.10. The van der Waals surface area contributed by atoms with Gasteiger partial charge in [-0.25, -0.2) is 0 Å². The number of methoxy groups -OCH3 is 1. The van der Waals surface area contributed by atoms with Gasteiger partial charge < -0.3 is 14.8 Å². The highest BCUT2D eigenvalue weighted by molar-refractivity contribution is 9.10. The number of hydrogen-bond donors (Lipinski definition) is 1. The van der Waals surface area contributed by atoms with E-state index in [0.717, 1.165) is 29.7 Å². The van der Waals surface area contributed by atoms with Gasteiger partial charge in [-0.05, 0) is 59.1 Å². The Morgan fingerprint density at radius 2 is 1.79 bits per heavy atom. The highest BCUT2D eigenvalue weighted by Crippen LogP contribution is 2.25. The van der Waals surface area contributed by atoms with Crippen molar-refractivity contribution in [3.05, 3.63) is 63.6 Å². The van der Waals surface area contributed by atoms with E-state index in [-0.39, 0.29) is 18.1 Å². The predicted octanol–water partition coefficient (Wildman–Crippen LogP) is 4.00. The molecule has 1 fully saturated rings. The molecule has 0 spiro atoms. The lowest BCUT2D eigenvalue weighted by Gasteiger charge is -2.35. The third-order valence-electron chi connectivity index (χ3n) is 4.79. The average Bonchev–Trinajstić information content (AvgIpc) is 2.66. The minimum atomic E-state index is -0.108. The lowest BCUT2D eigenvalue weighted by atomic mass is 10.1. The lowest BCUT2D eigenvalue weighted by Crippen LogP contribution is -2.44. The SMILES string of the molecule is COc1ccc(C(=O)NCc2ccc(CN3CC(C)OC(C)C3)cc2)cc1Br. The molecule has 0 aromatic heterocycles. The molecule has 2 aromatic carbocycles. The van der Waals surface area contributed by atoms with Gasteiger partial charge in [0.05, 0.1) is 23.8 Å². The first-order valence-corrected chi connectivity index (χ1v) is 10.3. The smallest absolute Gasteiger partial charge is 0.251 e. The number of benzene rings is 2. The topological polar surface area (TPSA) is 50.8 Å². The van der Waals surface area contributed by atoms with Crippen LogP contribution in [-0.4, -0.2) is 43.2 Å². The van der Waals surface area contributed by atoms with Crippen LogP contribution < -0.4 is 10.1 Å². The van der Waals surface area contributed by atoms with E-state index < -0.39 is 0 Å². The summed E-state index contributed by atoms with van der Waals surface area (Å²) in [6.07, 6.45) is 0.549. The molecule has 3 rings (SSSR count). The van der Waals surface area contributed by atoms with Gasteiger partial charge in [0.2, 0.25) is 0 Å². The molecule has 5 nitrogen and oxygen atoms in total. The Bertz CT molecular complexity index is 800. The quantitative estimate of drug-likeness (QED) is 0.728. The van der Waals surface area contributed by atoms with Gasteiger partial charge in [0, 0.05) is 31.7 Å². The van der Waals surface area contributed by atoms with E-state index in [1.807, 2.05) is 0 Å². The summed E-state index contributed by atoms with van der Waals surface area (Å²) >= 11 is 3.41. The summed E-state index contributed by atoms with van der Waals surface area (Å²) in [7, 11) is 1.60. The predicted molar refractivity (Wildman–Crippen MR) is 114 cm³/mol. The number of morpholine rings is 1. The van der Waals surface area contributed by atoms with Gasteiger partial charge in [-0.1, -0.05) is 24.3 Å². The molecule has 1 aliphatic rings. The second-order valence-corrected chi connectivity index (χ2v) is 8.15. The number of nitrogens with zero attached hydrogens (tertiary/aromatic N) is 1. The van der Waals surface area contributed by atoms with E-state index in [4.69, 9.17) is 9.47 Å². The van der Waals surface area contributed by atoms with Crippen molar-refractivity contribution in [2.45, 2.75) is 39.1 Å². The summed E-state index contributed by atoms with van der Waals surface area (Å²) in [5.41, 5.74) is 2.95. The molecule has 1 heterocycles. The first-order valence-electron chi connectivity index (χ1n) is 9.52. The van der Waals surface area contributed by atoms with Crippen molar-refractivity contribution in [3.8, 4) is 5.75 Å². The molecule has 1 aliphatic heterocycles. The van der Waals surface area contributed by atoms with Crippen LogP contribution in [0.4, 0.5) is 0 Å². The zero-order valence-corrected chi connectivity index (χ0v) is 18.2. The Hall–Kier alpha value is -1.89. The molecule has 2 aromatic rings. The summed E-state index contributed by atoms with van der Waals surface area (Å²) in [6, 6.07) is 13.7. The second kappa shape index (κ2) is 9.54. The van der Waals surface area contributed by atoms with E-state index in [9.17, 15) is 4.79 Å². The maximum absolute atomic E-state index is 12.4. The Morgan fingerprint density at radius 3 is 2.39 bits per heavy atom. The van der Waals surface area contributed by atoms with Crippen molar-refractivity contribution in [1.82, 2.24) is 10.2 Å². The van der Waals surface area contributed by atoms with E-state index in [1.54, 1.807) is 25.3 Å². The monoisotopic (exact) mass is 446 g/mol. The molecule has 150 valence electrons. The zero-order chi connectivity index (χ0) is 20.1. The summed E-state index contributed by atoms with van der Waals surface area (Å²) in [5, 5.41) is 2.96. The van der Waals surface area contributed by atoms with Gasteiger partial charge in [0.15, 0.2) is 0 Å². The number of amides is 1. The molecule has 0 aliphatic carbocycles. The van der Waals surface area contributed by atoms with Crippen molar-refractivity contribution in [3.63, 3.8) is 0 Å². The van der Waals surface area contributed by atoms with Gasteiger partial charge in [-0.2, -0.15) is 0 Å². The molecular weight excluding hydrogens is 420 g/mol. The van der Waals surface area contributed by atoms with Crippen molar-refractivity contribution >= 4 is 21.8 Å². The van der Waals surface area contributed by atoms with Gasteiger partial charge in [0.25, 0.3) is 5.91 Å². The maximum Gasteiger partial charge on any atom is 0.251 e. The lowest BCUT2D eigenvalue weighted by molar-refractivity contribution is -0.0704. The summed E-state index contributed by atoms with van der Waals surface area (Å²) in [4.78, 5) is 14.8.